The minimum Gasteiger partial charge on any atom is -0.465 e. The van der Waals surface area contributed by atoms with Gasteiger partial charge in [0.15, 0.2) is 0 Å². The Morgan fingerprint density at radius 1 is 1.47 bits per heavy atom. The molecule has 0 aliphatic heterocycles. The number of nitrogens with one attached hydrogen (secondary N) is 1. The van der Waals surface area contributed by atoms with Crippen LogP contribution in [0.5, 0.6) is 0 Å². The van der Waals surface area contributed by atoms with Gasteiger partial charge >= 0.3 is 12.1 Å². The second-order valence-corrected chi connectivity index (χ2v) is 5.78. The first kappa shape index (κ1) is 15.5. The minimum atomic E-state index is -0.658. The van der Waals surface area contributed by atoms with Crippen molar-refractivity contribution in [2.75, 3.05) is 13.2 Å². The van der Waals surface area contributed by atoms with Crippen LogP contribution in [0.2, 0.25) is 0 Å². The van der Waals surface area contributed by atoms with Crippen molar-refractivity contribution in [1.82, 2.24) is 5.32 Å². The molecule has 5 heteroatoms. The Morgan fingerprint density at radius 3 is 2.53 bits per heavy atom. The summed E-state index contributed by atoms with van der Waals surface area (Å²) in [5, 5.41) is 2.64. The van der Waals surface area contributed by atoms with Crippen LogP contribution in [0.4, 0.5) is 4.79 Å². The van der Waals surface area contributed by atoms with Gasteiger partial charge in [-0.1, -0.05) is 6.08 Å². The van der Waals surface area contributed by atoms with Gasteiger partial charge in [0.05, 0.1) is 12.0 Å². The summed E-state index contributed by atoms with van der Waals surface area (Å²) in [5.74, 6) is -0.225. The molecule has 1 aliphatic carbocycles. The van der Waals surface area contributed by atoms with E-state index in [0.29, 0.717) is 13.0 Å². The van der Waals surface area contributed by atoms with Gasteiger partial charge in [-0.15, -0.1) is 6.58 Å². The smallest absolute Gasteiger partial charge is 0.407 e. The molecule has 2 atom stereocenters. The van der Waals surface area contributed by atoms with E-state index in [9.17, 15) is 9.59 Å². The van der Waals surface area contributed by atoms with Crippen LogP contribution in [0.15, 0.2) is 12.7 Å². The van der Waals surface area contributed by atoms with Crippen LogP contribution in [0.1, 0.15) is 34.1 Å². The number of allylic oxidation sites excluding steroid dienone is 1. The van der Waals surface area contributed by atoms with Crippen molar-refractivity contribution in [2.24, 2.45) is 11.3 Å². The number of ether oxygens (including phenoxy) is 2. The first-order chi connectivity index (χ1) is 8.75. The molecule has 0 radical (unpaired) electrons. The largest absolute Gasteiger partial charge is 0.465 e. The standard InChI is InChI=1S/C14H23NO4/c1-6-10-8-14(10,11(16)18-7-2)9-15-12(17)19-13(3,4)5/h6,10H,1,7-9H2,2-5H3,(H,15,17)/t10-,14-/m1/s1. The topological polar surface area (TPSA) is 64.6 Å². The molecule has 5 nitrogen and oxygen atoms in total. The maximum Gasteiger partial charge on any atom is 0.407 e. The molecule has 1 amide bonds. The molecule has 0 aromatic rings. The molecule has 1 rings (SSSR count). The fourth-order valence-electron chi connectivity index (χ4n) is 1.97. The lowest BCUT2D eigenvalue weighted by atomic mass is 10.0. The molecule has 19 heavy (non-hydrogen) atoms. The molecule has 0 bridgehead atoms. The van der Waals surface area contributed by atoms with E-state index < -0.39 is 17.1 Å². The second kappa shape index (κ2) is 5.63. The lowest BCUT2D eigenvalue weighted by Gasteiger charge is -2.21. The Balaban J connectivity index is 2.55. The number of hydrogen-bond donors (Lipinski definition) is 1. The van der Waals surface area contributed by atoms with Gasteiger partial charge in [-0.2, -0.15) is 0 Å². The minimum absolute atomic E-state index is 0.0569. The predicted octanol–water partition coefficient (Wildman–Crippen LogP) is 2.27. The van der Waals surface area contributed by atoms with Gasteiger partial charge in [-0.25, -0.2) is 4.79 Å². The zero-order valence-corrected chi connectivity index (χ0v) is 12.1. The maximum atomic E-state index is 11.9. The van der Waals surface area contributed by atoms with Crippen LogP contribution in [-0.4, -0.2) is 30.8 Å². The van der Waals surface area contributed by atoms with Gasteiger partial charge in [0, 0.05) is 6.54 Å². The molecule has 0 aromatic carbocycles. The summed E-state index contributed by atoms with van der Waals surface area (Å²) in [7, 11) is 0. The SMILES string of the molecule is C=C[C@@H]1C[C@]1(CNC(=O)OC(C)(C)C)C(=O)OCC. The van der Waals surface area contributed by atoms with Crippen LogP contribution in [0, 0.1) is 11.3 Å². The van der Waals surface area contributed by atoms with Crippen LogP contribution in [0.3, 0.4) is 0 Å². The molecule has 108 valence electrons. The van der Waals surface area contributed by atoms with Gasteiger partial charge in [-0.3, -0.25) is 4.79 Å². The molecule has 1 N–H and O–H groups in total. The molecule has 1 saturated carbocycles. The Hall–Kier alpha value is -1.52. The molecular weight excluding hydrogens is 246 g/mol. The fraction of sp³-hybridized carbons (Fsp3) is 0.714. The van der Waals surface area contributed by atoms with E-state index in [0.717, 1.165) is 0 Å². The zero-order chi connectivity index (χ0) is 14.7. The Labute approximate surface area is 114 Å². The quantitative estimate of drug-likeness (QED) is 0.614. The Bertz CT molecular complexity index is 372. The van der Waals surface area contributed by atoms with Crippen molar-refractivity contribution in [3.8, 4) is 0 Å². The van der Waals surface area contributed by atoms with Gasteiger partial charge in [0.1, 0.15) is 5.60 Å². The summed E-state index contributed by atoms with van der Waals surface area (Å²) < 4.78 is 10.2. The maximum absolute atomic E-state index is 11.9. The van der Waals surface area contributed by atoms with E-state index in [1.807, 2.05) is 0 Å². The highest BCUT2D eigenvalue weighted by molar-refractivity contribution is 5.82. The van der Waals surface area contributed by atoms with E-state index in [1.165, 1.54) is 0 Å². The average molecular weight is 269 g/mol. The Morgan fingerprint density at radius 2 is 2.11 bits per heavy atom. The van der Waals surface area contributed by atoms with Crippen LogP contribution in [-0.2, 0) is 14.3 Å². The number of rotatable bonds is 5. The third-order valence-electron chi connectivity index (χ3n) is 3.05. The van der Waals surface area contributed by atoms with E-state index in [4.69, 9.17) is 9.47 Å². The van der Waals surface area contributed by atoms with E-state index in [2.05, 4.69) is 11.9 Å². The summed E-state index contributed by atoms with van der Waals surface area (Å²) in [6.45, 7) is 11.4. The molecule has 0 spiro atoms. The van der Waals surface area contributed by atoms with Crippen molar-refractivity contribution in [2.45, 2.75) is 39.7 Å². The summed E-state index contributed by atoms with van der Waals surface area (Å²) in [4.78, 5) is 23.5. The summed E-state index contributed by atoms with van der Waals surface area (Å²) in [6.07, 6.45) is 1.87. The van der Waals surface area contributed by atoms with Crippen molar-refractivity contribution in [1.29, 1.82) is 0 Å². The van der Waals surface area contributed by atoms with Crippen molar-refractivity contribution >= 4 is 12.1 Å². The average Bonchev–Trinajstić information content (AvgIpc) is 2.99. The number of hydrogen-bond acceptors (Lipinski definition) is 4. The number of alkyl carbamates (subject to hydrolysis) is 1. The molecular formula is C14H23NO4. The van der Waals surface area contributed by atoms with Gasteiger partial charge < -0.3 is 14.8 Å². The third-order valence-corrected chi connectivity index (χ3v) is 3.05. The first-order valence-electron chi connectivity index (χ1n) is 6.52. The number of carbonyl (C=O) groups is 2. The summed E-state index contributed by atoms with van der Waals surface area (Å²) >= 11 is 0. The highest BCUT2D eigenvalue weighted by atomic mass is 16.6. The second-order valence-electron chi connectivity index (χ2n) is 5.78. The first-order valence-corrected chi connectivity index (χ1v) is 6.52. The highest BCUT2D eigenvalue weighted by Crippen LogP contribution is 2.53. The van der Waals surface area contributed by atoms with Crippen LogP contribution < -0.4 is 5.32 Å². The molecule has 0 heterocycles. The van der Waals surface area contributed by atoms with Crippen molar-refractivity contribution in [3.63, 3.8) is 0 Å². The molecule has 0 aromatic heterocycles. The normalized spacial score (nSPS) is 25.4. The fourth-order valence-corrected chi connectivity index (χ4v) is 1.97. The van der Waals surface area contributed by atoms with Crippen molar-refractivity contribution in [3.05, 3.63) is 12.7 Å². The van der Waals surface area contributed by atoms with Gasteiger partial charge in [0.25, 0.3) is 0 Å². The van der Waals surface area contributed by atoms with E-state index in [-0.39, 0.29) is 18.4 Å². The number of esters is 1. The van der Waals surface area contributed by atoms with Crippen LogP contribution in [0.25, 0.3) is 0 Å². The van der Waals surface area contributed by atoms with E-state index >= 15 is 0 Å². The Kier molecular flexibility index (Phi) is 4.61. The highest BCUT2D eigenvalue weighted by Gasteiger charge is 2.59. The summed E-state index contributed by atoms with van der Waals surface area (Å²) in [5.41, 5.74) is -1.21. The summed E-state index contributed by atoms with van der Waals surface area (Å²) in [6, 6.07) is 0. The monoisotopic (exact) mass is 269 g/mol. The van der Waals surface area contributed by atoms with Gasteiger partial charge in [0.2, 0.25) is 0 Å². The number of amides is 1. The molecule has 0 unspecified atom stereocenters. The predicted molar refractivity (Wildman–Crippen MR) is 71.6 cm³/mol. The molecule has 1 aliphatic rings. The zero-order valence-electron chi connectivity index (χ0n) is 12.1. The van der Waals surface area contributed by atoms with Crippen LogP contribution >= 0.6 is 0 Å². The molecule has 0 saturated heterocycles. The lowest BCUT2D eigenvalue weighted by Crippen LogP contribution is -2.39. The van der Waals surface area contributed by atoms with E-state index in [1.54, 1.807) is 33.8 Å². The number of carbonyl (C=O) groups excluding carboxylic acids is 2. The van der Waals surface area contributed by atoms with Gasteiger partial charge in [-0.05, 0) is 40.0 Å². The lowest BCUT2D eigenvalue weighted by molar-refractivity contribution is -0.149. The van der Waals surface area contributed by atoms with Crippen molar-refractivity contribution < 1.29 is 19.1 Å². The molecule has 1 fully saturated rings. The third kappa shape index (κ3) is 3.98.